The highest BCUT2D eigenvalue weighted by atomic mass is 32.2. The second kappa shape index (κ2) is 5.16. The first-order valence-corrected chi connectivity index (χ1v) is 10.6. The van der Waals surface area contributed by atoms with E-state index in [4.69, 9.17) is 0 Å². The Balaban J connectivity index is 1.97. The quantitative estimate of drug-likeness (QED) is 0.706. The zero-order chi connectivity index (χ0) is 16.9. The largest absolute Gasteiger partial charge is 0.224 e. The first-order chi connectivity index (χ1) is 11.4. The molecule has 0 aliphatic carbocycles. The van der Waals surface area contributed by atoms with Gasteiger partial charge in [-0.15, -0.1) is 0 Å². The molecule has 1 heterocycles. The van der Waals surface area contributed by atoms with Crippen LogP contribution in [-0.2, 0) is 19.7 Å². The van der Waals surface area contributed by atoms with Gasteiger partial charge < -0.3 is 0 Å². The van der Waals surface area contributed by atoms with Crippen LogP contribution < -0.4 is 0 Å². The molecule has 1 atom stereocenters. The Hall–Kier alpha value is -2.18. The van der Waals surface area contributed by atoms with Crippen LogP contribution >= 0.6 is 0 Å². The summed E-state index contributed by atoms with van der Waals surface area (Å²) in [6.07, 6.45) is 0. The highest BCUT2D eigenvalue weighted by molar-refractivity contribution is 7.96. The normalized spacial score (nSPS) is 19.2. The highest BCUT2D eigenvalue weighted by Gasteiger charge is 2.43. The maximum absolute atomic E-state index is 13.2. The van der Waals surface area contributed by atoms with Crippen molar-refractivity contribution in [2.45, 2.75) is 15.0 Å². The van der Waals surface area contributed by atoms with Crippen LogP contribution in [-0.4, -0.2) is 22.6 Å². The molecule has 1 aliphatic rings. The first-order valence-electron chi connectivity index (χ1n) is 7.44. The fraction of sp³-hybridized carbons (Fsp3) is 0.111. The number of fused-ring (bicyclic) bond motifs is 2. The molecule has 24 heavy (non-hydrogen) atoms. The lowest BCUT2D eigenvalue weighted by molar-refractivity contribution is 0.583. The lowest BCUT2D eigenvalue weighted by Crippen LogP contribution is -2.16. The van der Waals surface area contributed by atoms with Crippen LogP contribution in [0, 0.1) is 0 Å². The minimum Gasteiger partial charge on any atom is -0.224 e. The van der Waals surface area contributed by atoms with Gasteiger partial charge >= 0.3 is 0 Å². The van der Waals surface area contributed by atoms with Crippen LogP contribution in [0.4, 0.5) is 0 Å². The molecule has 1 aliphatic heterocycles. The molecule has 0 fully saturated rings. The zero-order valence-electron chi connectivity index (χ0n) is 12.6. The number of hydrogen-bond acceptors (Lipinski definition) is 4. The van der Waals surface area contributed by atoms with E-state index in [0.717, 1.165) is 5.39 Å². The van der Waals surface area contributed by atoms with Gasteiger partial charge in [0.1, 0.15) is 5.25 Å². The molecule has 4 nitrogen and oxygen atoms in total. The van der Waals surface area contributed by atoms with Crippen molar-refractivity contribution in [3.8, 4) is 0 Å². The third-order valence-electron chi connectivity index (χ3n) is 4.40. The van der Waals surface area contributed by atoms with E-state index in [1.54, 1.807) is 42.5 Å². The van der Waals surface area contributed by atoms with E-state index in [1.807, 2.05) is 18.2 Å². The minimum absolute atomic E-state index is 0.124. The van der Waals surface area contributed by atoms with E-state index in [9.17, 15) is 16.8 Å². The Morgan fingerprint density at radius 1 is 0.833 bits per heavy atom. The van der Waals surface area contributed by atoms with Gasteiger partial charge in [-0.25, -0.2) is 16.8 Å². The predicted molar refractivity (Wildman–Crippen MR) is 92.4 cm³/mol. The molecule has 122 valence electrons. The fourth-order valence-electron chi connectivity index (χ4n) is 3.26. The van der Waals surface area contributed by atoms with Crippen LogP contribution in [0.1, 0.15) is 10.8 Å². The number of hydrogen-bond donors (Lipinski definition) is 0. The molecule has 0 bridgehead atoms. The number of benzene rings is 3. The van der Waals surface area contributed by atoms with Crippen molar-refractivity contribution in [1.82, 2.24) is 0 Å². The van der Waals surface area contributed by atoms with Crippen molar-refractivity contribution < 1.29 is 16.8 Å². The first kappa shape index (κ1) is 15.4. The van der Waals surface area contributed by atoms with Gasteiger partial charge in [-0.05, 0) is 23.1 Å². The Labute approximate surface area is 140 Å². The van der Waals surface area contributed by atoms with Gasteiger partial charge in [-0.1, -0.05) is 54.6 Å². The summed E-state index contributed by atoms with van der Waals surface area (Å²) >= 11 is 0. The lowest BCUT2D eigenvalue weighted by atomic mass is 10.1. The molecule has 0 saturated heterocycles. The summed E-state index contributed by atoms with van der Waals surface area (Å²) < 4.78 is 51.2. The lowest BCUT2D eigenvalue weighted by Gasteiger charge is -2.14. The van der Waals surface area contributed by atoms with Crippen molar-refractivity contribution in [3.63, 3.8) is 0 Å². The van der Waals surface area contributed by atoms with Gasteiger partial charge in [0.15, 0.2) is 19.7 Å². The summed E-state index contributed by atoms with van der Waals surface area (Å²) in [5.41, 5.74) is 0.366. The Bertz CT molecular complexity index is 1160. The highest BCUT2D eigenvalue weighted by Crippen LogP contribution is 2.42. The summed E-state index contributed by atoms with van der Waals surface area (Å²) in [4.78, 5) is 0.302. The molecule has 1 unspecified atom stereocenters. The number of sulfone groups is 2. The van der Waals surface area contributed by atoms with E-state index in [1.165, 1.54) is 6.07 Å². The Kier molecular flexibility index (Phi) is 3.30. The molecule has 0 spiro atoms. The van der Waals surface area contributed by atoms with Gasteiger partial charge in [0.05, 0.1) is 15.5 Å². The SMILES string of the molecule is O=S1(=O)CC(S(=O)(=O)c2cccc3ccccc23)c2ccccc21. The van der Waals surface area contributed by atoms with Gasteiger partial charge in [0, 0.05) is 5.39 Å². The van der Waals surface area contributed by atoms with E-state index in [-0.39, 0.29) is 9.79 Å². The van der Waals surface area contributed by atoms with Gasteiger partial charge in [-0.3, -0.25) is 0 Å². The maximum atomic E-state index is 13.2. The molecular formula is C18H14O4S2. The molecule has 6 heteroatoms. The predicted octanol–water partition coefficient (Wildman–Crippen LogP) is 3.14. The number of rotatable bonds is 2. The van der Waals surface area contributed by atoms with Crippen LogP contribution in [0.3, 0.4) is 0 Å². The molecule has 3 aromatic carbocycles. The standard InChI is InChI=1S/C18H14O4S2/c19-23(20)12-18(15-9-3-4-10-16(15)23)24(21,22)17-11-5-7-13-6-1-2-8-14(13)17/h1-11,18H,12H2. The summed E-state index contributed by atoms with van der Waals surface area (Å²) in [5, 5.41) is 0.360. The average Bonchev–Trinajstić information content (AvgIpc) is 2.87. The summed E-state index contributed by atoms with van der Waals surface area (Å²) in [7, 11) is -7.41. The molecular weight excluding hydrogens is 344 g/mol. The third kappa shape index (κ3) is 2.17. The average molecular weight is 358 g/mol. The van der Waals surface area contributed by atoms with Crippen LogP contribution in [0.2, 0.25) is 0 Å². The fourth-order valence-corrected chi connectivity index (χ4v) is 7.81. The topological polar surface area (TPSA) is 68.3 Å². The zero-order valence-corrected chi connectivity index (χ0v) is 14.2. The van der Waals surface area contributed by atoms with Crippen LogP contribution in [0.15, 0.2) is 76.5 Å². The van der Waals surface area contributed by atoms with E-state index in [0.29, 0.717) is 10.9 Å². The van der Waals surface area contributed by atoms with Crippen LogP contribution in [0.25, 0.3) is 10.8 Å². The molecule has 4 rings (SSSR count). The molecule has 0 saturated carbocycles. The van der Waals surface area contributed by atoms with E-state index >= 15 is 0 Å². The van der Waals surface area contributed by atoms with Gasteiger partial charge in [-0.2, -0.15) is 0 Å². The second-order valence-corrected chi connectivity index (χ2v) is 9.93. The summed E-state index contributed by atoms with van der Waals surface area (Å²) in [6.45, 7) is 0. The molecule has 0 amide bonds. The van der Waals surface area contributed by atoms with Crippen molar-refractivity contribution >= 4 is 30.4 Å². The van der Waals surface area contributed by atoms with Gasteiger partial charge in [0.25, 0.3) is 0 Å². The van der Waals surface area contributed by atoms with Crippen LogP contribution in [0.5, 0.6) is 0 Å². The maximum Gasteiger partial charge on any atom is 0.187 e. The smallest absolute Gasteiger partial charge is 0.187 e. The molecule has 0 radical (unpaired) electrons. The van der Waals surface area contributed by atoms with Crippen molar-refractivity contribution in [1.29, 1.82) is 0 Å². The van der Waals surface area contributed by atoms with Crippen molar-refractivity contribution in [2.24, 2.45) is 0 Å². The van der Waals surface area contributed by atoms with E-state index < -0.39 is 30.7 Å². The van der Waals surface area contributed by atoms with Gasteiger partial charge in [0.2, 0.25) is 0 Å². The molecule has 3 aromatic rings. The minimum atomic E-state index is -3.83. The summed E-state index contributed by atoms with van der Waals surface area (Å²) in [5.74, 6) is -0.405. The molecule has 0 aromatic heterocycles. The summed E-state index contributed by atoms with van der Waals surface area (Å²) in [6, 6.07) is 18.6. The monoisotopic (exact) mass is 358 g/mol. The Morgan fingerprint density at radius 3 is 2.33 bits per heavy atom. The third-order valence-corrected chi connectivity index (χ3v) is 8.57. The molecule has 0 N–H and O–H groups in total. The Morgan fingerprint density at radius 2 is 1.50 bits per heavy atom. The second-order valence-electron chi connectivity index (χ2n) is 5.83. The van der Waals surface area contributed by atoms with Crippen molar-refractivity contribution in [2.75, 3.05) is 5.75 Å². The van der Waals surface area contributed by atoms with Crippen molar-refractivity contribution in [3.05, 3.63) is 72.3 Å². The van der Waals surface area contributed by atoms with E-state index in [2.05, 4.69) is 0 Å².